The van der Waals surface area contributed by atoms with Gasteiger partial charge in [0.05, 0.1) is 13.0 Å². The van der Waals surface area contributed by atoms with Crippen LogP contribution in [-0.2, 0) is 23.5 Å². The number of hydrogen-bond acceptors (Lipinski definition) is 5. The van der Waals surface area contributed by atoms with Gasteiger partial charge in [0.25, 0.3) is 0 Å². The minimum absolute atomic E-state index is 0.0222. The molecule has 0 aromatic heterocycles. The molecule has 3 N–H and O–H groups in total. The molecule has 0 spiro atoms. The minimum atomic E-state index is -1.91. The van der Waals surface area contributed by atoms with Crippen molar-refractivity contribution in [1.82, 2.24) is 5.32 Å². The van der Waals surface area contributed by atoms with E-state index in [1.807, 2.05) is 0 Å². The van der Waals surface area contributed by atoms with Crippen LogP contribution in [0, 0.1) is 0 Å². The number of carbonyl (C=O) groups excluding carboxylic acids is 3. The predicted molar refractivity (Wildman–Crippen MR) is 94.8 cm³/mol. The first-order valence-corrected chi connectivity index (χ1v) is 11.2. The van der Waals surface area contributed by atoms with E-state index in [0.717, 1.165) is 0 Å². The average molecular weight is 361 g/mol. The molecule has 0 aromatic carbocycles. The van der Waals surface area contributed by atoms with E-state index >= 15 is 0 Å². The molecular weight excluding hydrogens is 328 g/mol. The summed E-state index contributed by atoms with van der Waals surface area (Å²) in [5, 5.41) is 2.62. The number of primary amides is 1. The van der Waals surface area contributed by atoms with Gasteiger partial charge in [0, 0.05) is 13.0 Å². The SMILES string of the molecule is CCOC(=O)CCC(=O)N[C@H](CCO[Si](C)(C)C(C)(C)C)C(N)=O. The summed E-state index contributed by atoms with van der Waals surface area (Å²) in [6, 6.07) is -0.801. The van der Waals surface area contributed by atoms with Crippen molar-refractivity contribution in [3.8, 4) is 0 Å². The third-order valence-corrected chi connectivity index (χ3v) is 8.75. The molecule has 0 aliphatic carbocycles. The van der Waals surface area contributed by atoms with Gasteiger partial charge in [0.1, 0.15) is 6.04 Å². The Hall–Kier alpha value is -1.41. The summed E-state index contributed by atoms with van der Waals surface area (Å²) in [6.07, 6.45) is 0.254. The van der Waals surface area contributed by atoms with E-state index in [9.17, 15) is 14.4 Å². The van der Waals surface area contributed by atoms with Gasteiger partial charge in [-0.1, -0.05) is 20.8 Å². The van der Waals surface area contributed by atoms with Gasteiger partial charge in [-0.2, -0.15) is 0 Å². The highest BCUT2D eigenvalue weighted by atomic mass is 28.4. The molecule has 0 aliphatic rings. The Bertz CT molecular complexity index is 446. The number of esters is 1. The maximum atomic E-state index is 11.8. The summed E-state index contributed by atoms with van der Waals surface area (Å²) in [5.74, 6) is -1.46. The monoisotopic (exact) mass is 360 g/mol. The fraction of sp³-hybridized carbons (Fsp3) is 0.812. The summed E-state index contributed by atoms with van der Waals surface area (Å²) < 4.78 is 10.7. The molecule has 0 saturated carbocycles. The van der Waals surface area contributed by atoms with Crippen LogP contribution >= 0.6 is 0 Å². The molecule has 7 nitrogen and oxygen atoms in total. The molecule has 0 unspecified atom stereocenters. The highest BCUT2D eigenvalue weighted by Crippen LogP contribution is 2.36. The lowest BCUT2D eigenvalue weighted by molar-refractivity contribution is -0.144. The molecule has 0 aliphatic heterocycles. The molecule has 8 heteroatoms. The van der Waals surface area contributed by atoms with Gasteiger partial charge in [-0.25, -0.2) is 0 Å². The van der Waals surface area contributed by atoms with Crippen LogP contribution in [-0.4, -0.2) is 45.4 Å². The van der Waals surface area contributed by atoms with Gasteiger partial charge >= 0.3 is 5.97 Å². The average Bonchev–Trinajstić information content (AvgIpc) is 2.42. The smallest absolute Gasteiger partial charge is 0.306 e. The van der Waals surface area contributed by atoms with Crippen molar-refractivity contribution in [1.29, 1.82) is 0 Å². The van der Waals surface area contributed by atoms with Gasteiger partial charge in [-0.05, 0) is 31.5 Å². The maximum absolute atomic E-state index is 11.8. The molecule has 0 bridgehead atoms. The third kappa shape index (κ3) is 8.44. The fourth-order valence-corrected chi connectivity index (χ4v) is 2.71. The van der Waals surface area contributed by atoms with E-state index in [4.69, 9.17) is 14.9 Å². The molecule has 0 aromatic rings. The molecular formula is C16H32N2O5Si. The number of amides is 2. The zero-order chi connectivity index (χ0) is 19.0. The van der Waals surface area contributed by atoms with Crippen LogP contribution in [0.2, 0.25) is 18.1 Å². The highest BCUT2D eigenvalue weighted by Gasteiger charge is 2.37. The van der Waals surface area contributed by atoms with E-state index in [0.29, 0.717) is 13.0 Å². The first kappa shape index (κ1) is 22.6. The first-order chi connectivity index (χ1) is 10.9. The van der Waals surface area contributed by atoms with Crippen molar-refractivity contribution < 1.29 is 23.5 Å². The Morgan fingerprint density at radius 3 is 2.21 bits per heavy atom. The van der Waals surface area contributed by atoms with Crippen molar-refractivity contribution in [2.24, 2.45) is 5.73 Å². The number of ether oxygens (including phenoxy) is 1. The number of nitrogens with two attached hydrogens (primary N) is 1. The quantitative estimate of drug-likeness (QED) is 0.455. The Kier molecular flexibility index (Phi) is 9.20. The van der Waals surface area contributed by atoms with Crippen LogP contribution < -0.4 is 11.1 Å². The molecule has 24 heavy (non-hydrogen) atoms. The highest BCUT2D eigenvalue weighted by molar-refractivity contribution is 6.74. The van der Waals surface area contributed by atoms with Crippen molar-refractivity contribution in [3.63, 3.8) is 0 Å². The van der Waals surface area contributed by atoms with Crippen LogP contribution in [0.4, 0.5) is 0 Å². The molecule has 0 saturated heterocycles. The van der Waals surface area contributed by atoms with Gasteiger partial charge in [0.2, 0.25) is 11.8 Å². The summed E-state index contributed by atoms with van der Waals surface area (Å²) >= 11 is 0. The van der Waals surface area contributed by atoms with Gasteiger partial charge in [-0.15, -0.1) is 0 Å². The standard InChI is InChI=1S/C16H32N2O5Si/c1-7-22-14(20)9-8-13(19)18-12(15(17)21)10-11-23-24(5,6)16(2,3)4/h12H,7-11H2,1-6H3,(H2,17,21)(H,18,19)/t12-/m1/s1. The van der Waals surface area contributed by atoms with Crippen LogP contribution in [0.15, 0.2) is 0 Å². The topological polar surface area (TPSA) is 108 Å². The number of rotatable bonds is 10. The van der Waals surface area contributed by atoms with Crippen molar-refractivity contribution in [3.05, 3.63) is 0 Å². The second kappa shape index (κ2) is 9.78. The summed E-state index contributed by atoms with van der Waals surface area (Å²) in [4.78, 5) is 34.6. The van der Waals surface area contributed by atoms with Gasteiger partial charge in [-0.3, -0.25) is 14.4 Å². The Labute approximate surface area is 145 Å². The lowest BCUT2D eigenvalue weighted by Crippen LogP contribution is -2.47. The lowest BCUT2D eigenvalue weighted by atomic mass is 10.2. The van der Waals surface area contributed by atoms with E-state index in [-0.39, 0.29) is 24.5 Å². The molecule has 0 radical (unpaired) electrons. The normalized spacial score (nSPS) is 13.2. The van der Waals surface area contributed by atoms with Crippen LogP contribution in [0.3, 0.4) is 0 Å². The van der Waals surface area contributed by atoms with E-state index < -0.39 is 32.1 Å². The third-order valence-electron chi connectivity index (χ3n) is 4.22. The Morgan fingerprint density at radius 1 is 1.17 bits per heavy atom. The van der Waals surface area contributed by atoms with Gasteiger partial charge < -0.3 is 20.2 Å². The van der Waals surface area contributed by atoms with Crippen molar-refractivity contribution >= 4 is 26.1 Å². The predicted octanol–water partition coefficient (Wildman–Crippen LogP) is 1.71. The molecule has 0 heterocycles. The summed E-state index contributed by atoms with van der Waals surface area (Å²) in [7, 11) is -1.91. The number of nitrogens with one attached hydrogen (secondary N) is 1. The number of hydrogen-bond donors (Lipinski definition) is 2. The largest absolute Gasteiger partial charge is 0.466 e. The first-order valence-electron chi connectivity index (χ1n) is 8.29. The van der Waals surface area contributed by atoms with Crippen LogP contribution in [0.5, 0.6) is 0 Å². The van der Waals surface area contributed by atoms with E-state index in [2.05, 4.69) is 39.2 Å². The fourth-order valence-electron chi connectivity index (χ4n) is 1.65. The van der Waals surface area contributed by atoms with Crippen LogP contribution in [0.25, 0.3) is 0 Å². The lowest BCUT2D eigenvalue weighted by Gasteiger charge is -2.36. The zero-order valence-corrected chi connectivity index (χ0v) is 16.7. The molecule has 0 fully saturated rings. The van der Waals surface area contributed by atoms with Crippen molar-refractivity contribution in [2.45, 2.75) is 71.1 Å². The zero-order valence-electron chi connectivity index (χ0n) is 15.7. The molecule has 1 atom stereocenters. The van der Waals surface area contributed by atoms with Gasteiger partial charge in [0.15, 0.2) is 8.32 Å². The maximum Gasteiger partial charge on any atom is 0.306 e. The van der Waals surface area contributed by atoms with E-state index in [1.54, 1.807) is 6.92 Å². The molecule has 2 amide bonds. The molecule has 0 rings (SSSR count). The Balaban J connectivity index is 4.39. The Morgan fingerprint density at radius 2 is 1.75 bits per heavy atom. The number of carbonyl (C=O) groups is 3. The second-order valence-corrected chi connectivity index (χ2v) is 12.0. The van der Waals surface area contributed by atoms with Crippen molar-refractivity contribution in [2.75, 3.05) is 13.2 Å². The van der Waals surface area contributed by atoms with E-state index in [1.165, 1.54) is 0 Å². The molecule has 140 valence electrons. The van der Waals surface area contributed by atoms with Crippen LogP contribution in [0.1, 0.15) is 47.0 Å². The second-order valence-electron chi connectivity index (χ2n) is 7.22. The minimum Gasteiger partial charge on any atom is -0.466 e. The summed E-state index contributed by atoms with van der Waals surface area (Å²) in [5.41, 5.74) is 5.33. The summed E-state index contributed by atoms with van der Waals surface area (Å²) in [6.45, 7) is 12.9.